The average Bonchev–Trinajstić information content (AvgIpc) is 3.31. The SMILES string of the molecule is CCn1c(S[C@@H](C)C(=O)c2[nH]c(C)c(C(C)=O)c2C)nnc1-c1ccoc1C. The van der Waals surface area contributed by atoms with Crippen LogP contribution in [0.5, 0.6) is 0 Å². The maximum Gasteiger partial charge on any atom is 0.192 e. The molecule has 3 aromatic rings. The van der Waals surface area contributed by atoms with Crippen molar-refractivity contribution in [1.82, 2.24) is 19.7 Å². The number of rotatable bonds is 7. The van der Waals surface area contributed by atoms with Crippen molar-refractivity contribution in [2.45, 2.75) is 58.5 Å². The van der Waals surface area contributed by atoms with Gasteiger partial charge in [-0.3, -0.25) is 9.59 Å². The summed E-state index contributed by atoms with van der Waals surface area (Å²) in [5, 5.41) is 8.88. The molecule has 0 aliphatic rings. The first-order chi connectivity index (χ1) is 13.3. The minimum atomic E-state index is -0.385. The molecule has 1 atom stereocenters. The van der Waals surface area contributed by atoms with E-state index in [0.29, 0.717) is 28.5 Å². The topological polar surface area (TPSA) is 93.8 Å². The molecule has 0 saturated carbocycles. The summed E-state index contributed by atoms with van der Waals surface area (Å²) in [4.78, 5) is 27.9. The van der Waals surface area contributed by atoms with Gasteiger partial charge in [-0.25, -0.2) is 0 Å². The van der Waals surface area contributed by atoms with E-state index in [9.17, 15) is 9.59 Å². The maximum absolute atomic E-state index is 13.0. The number of furan rings is 1. The van der Waals surface area contributed by atoms with Crippen LogP contribution in [0.2, 0.25) is 0 Å². The van der Waals surface area contributed by atoms with E-state index in [-0.39, 0.29) is 16.8 Å². The van der Waals surface area contributed by atoms with E-state index in [1.165, 1.54) is 18.7 Å². The summed E-state index contributed by atoms with van der Waals surface area (Å²) in [7, 11) is 0. The third kappa shape index (κ3) is 3.44. The molecule has 0 aliphatic carbocycles. The Kier molecular flexibility index (Phi) is 5.60. The fraction of sp³-hybridized carbons (Fsp3) is 0.400. The first-order valence-electron chi connectivity index (χ1n) is 9.14. The summed E-state index contributed by atoms with van der Waals surface area (Å²) in [6.07, 6.45) is 1.63. The lowest BCUT2D eigenvalue weighted by Gasteiger charge is -2.11. The van der Waals surface area contributed by atoms with Gasteiger partial charge >= 0.3 is 0 Å². The van der Waals surface area contributed by atoms with E-state index < -0.39 is 0 Å². The highest BCUT2D eigenvalue weighted by atomic mass is 32.2. The zero-order valence-electron chi connectivity index (χ0n) is 16.9. The van der Waals surface area contributed by atoms with Crippen molar-refractivity contribution in [2.24, 2.45) is 0 Å². The van der Waals surface area contributed by atoms with Gasteiger partial charge in [-0.15, -0.1) is 10.2 Å². The average molecular weight is 401 g/mol. The van der Waals surface area contributed by atoms with Crippen molar-refractivity contribution in [3.63, 3.8) is 0 Å². The molecule has 0 bridgehead atoms. The Labute approximate surface area is 167 Å². The van der Waals surface area contributed by atoms with Gasteiger partial charge in [-0.05, 0) is 53.2 Å². The van der Waals surface area contributed by atoms with Crippen LogP contribution in [0.4, 0.5) is 0 Å². The van der Waals surface area contributed by atoms with Crippen LogP contribution in [0.25, 0.3) is 11.4 Å². The summed E-state index contributed by atoms with van der Waals surface area (Å²) in [5.74, 6) is 1.39. The first-order valence-corrected chi connectivity index (χ1v) is 10.0. The lowest BCUT2D eigenvalue weighted by Crippen LogP contribution is -2.16. The number of carbonyl (C=O) groups excluding carboxylic acids is 2. The number of H-pyrrole nitrogens is 1. The molecule has 0 amide bonds. The van der Waals surface area contributed by atoms with Crippen LogP contribution in [0, 0.1) is 20.8 Å². The highest BCUT2D eigenvalue weighted by Gasteiger charge is 2.26. The summed E-state index contributed by atoms with van der Waals surface area (Å²) >= 11 is 1.36. The van der Waals surface area contributed by atoms with Gasteiger partial charge in [0, 0.05) is 17.8 Å². The fourth-order valence-corrected chi connectivity index (χ4v) is 4.39. The second kappa shape index (κ2) is 7.79. The number of aromatic nitrogens is 4. The Morgan fingerprint density at radius 3 is 2.54 bits per heavy atom. The number of nitrogens with zero attached hydrogens (tertiary/aromatic N) is 3. The molecule has 0 fully saturated rings. The molecule has 0 aliphatic heterocycles. The molecule has 0 spiro atoms. The molecule has 1 N–H and O–H groups in total. The zero-order valence-corrected chi connectivity index (χ0v) is 17.7. The quantitative estimate of drug-likeness (QED) is 0.467. The number of aryl methyl sites for hydroxylation is 2. The van der Waals surface area contributed by atoms with Crippen molar-refractivity contribution >= 4 is 23.3 Å². The lowest BCUT2D eigenvalue weighted by atomic mass is 10.0. The van der Waals surface area contributed by atoms with Crippen LogP contribution in [0.3, 0.4) is 0 Å². The number of carbonyl (C=O) groups is 2. The Bertz CT molecular complexity index is 1040. The van der Waals surface area contributed by atoms with Crippen molar-refractivity contribution in [1.29, 1.82) is 0 Å². The molecule has 148 valence electrons. The number of hydrogen-bond donors (Lipinski definition) is 1. The number of aromatic amines is 1. The second-order valence-electron chi connectivity index (χ2n) is 6.75. The molecule has 3 aromatic heterocycles. The molecule has 0 aromatic carbocycles. The Balaban J connectivity index is 1.88. The van der Waals surface area contributed by atoms with Gasteiger partial charge in [-0.2, -0.15) is 0 Å². The predicted molar refractivity (Wildman–Crippen MR) is 108 cm³/mol. The summed E-state index contributed by atoms with van der Waals surface area (Å²) in [5.41, 5.74) is 3.39. The van der Waals surface area contributed by atoms with E-state index in [4.69, 9.17) is 4.42 Å². The van der Waals surface area contributed by atoms with Crippen molar-refractivity contribution in [3.05, 3.63) is 40.6 Å². The third-order valence-electron chi connectivity index (χ3n) is 4.82. The fourth-order valence-electron chi connectivity index (χ4n) is 3.42. The monoisotopic (exact) mass is 400 g/mol. The largest absolute Gasteiger partial charge is 0.469 e. The normalized spacial score (nSPS) is 12.4. The second-order valence-corrected chi connectivity index (χ2v) is 8.05. The van der Waals surface area contributed by atoms with E-state index in [2.05, 4.69) is 15.2 Å². The molecule has 3 rings (SSSR count). The smallest absolute Gasteiger partial charge is 0.192 e. The minimum Gasteiger partial charge on any atom is -0.469 e. The molecular weight excluding hydrogens is 376 g/mol. The van der Waals surface area contributed by atoms with Gasteiger partial charge in [0.1, 0.15) is 5.76 Å². The van der Waals surface area contributed by atoms with Gasteiger partial charge in [-0.1, -0.05) is 11.8 Å². The van der Waals surface area contributed by atoms with E-state index in [1.54, 1.807) is 13.2 Å². The number of thioether (sulfide) groups is 1. The van der Waals surface area contributed by atoms with Gasteiger partial charge in [0.2, 0.25) is 0 Å². The molecular formula is C20H24N4O3S. The van der Waals surface area contributed by atoms with Crippen LogP contribution in [0.1, 0.15) is 58.6 Å². The third-order valence-corrected chi connectivity index (χ3v) is 5.90. The molecule has 0 saturated heterocycles. The summed E-state index contributed by atoms with van der Waals surface area (Å²) in [6.45, 7) is 11.5. The summed E-state index contributed by atoms with van der Waals surface area (Å²) < 4.78 is 7.35. The van der Waals surface area contributed by atoms with Gasteiger partial charge in [0.25, 0.3) is 0 Å². The zero-order chi connectivity index (χ0) is 20.6. The van der Waals surface area contributed by atoms with Crippen LogP contribution in [0.15, 0.2) is 21.9 Å². The van der Waals surface area contributed by atoms with Crippen molar-refractivity contribution in [3.8, 4) is 11.4 Å². The van der Waals surface area contributed by atoms with Gasteiger partial charge in [0.05, 0.1) is 22.8 Å². The molecule has 3 heterocycles. The van der Waals surface area contributed by atoms with Gasteiger partial charge < -0.3 is 14.0 Å². The first kappa shape index (κ1) is 20.1. The number of nitrogens with one attached hydrogen (secondary N) is 1. The van der Waals surface area contributed by atoms with Crippen LogP contribution in [-0.4, -0.2) is 36.6 Å². The van der Waals surface area contributed by atoms with Crippen molar-refractivity contribution in [2.75, 3.05) is 0 Å². The summed E-state index contributed by atoms with van der Waals surface area (Å²) in [6, 6.07) is 1.86. The lowest BCUT2D eigenvalue weighted by molar-refractivity contribution is 0.0988. The molecule has 0 unspecified atom stereocenters. The Hall–Kier alpha value is -2.61. The maximum atomic E-state index is 13.0. The van der Waals surface area contributed by atoms with E-state index >= 15 is 0 Å². The Morgan fingerprint density at radius 1 is 1.29 bits per heavy atom. The minimum absolute atomic E-state index is 0.0449. The molecule has 8 heteroatoms. The number of hydrogen-bond acceptors (Lipinski definition) is 6. The standard InChI is InChI=1S/C20H24N4O3S/c1-7-24-19(15-8-9-27-13(15)5)22-23-20(24)28-14(6)18(26)17-10(2)16(12(4)25)11(3)21-17/h8-9,14,21H,7H2,1-6H3/t14-/m0/s1. The number of Topliss-reactive ketones (excluding diaryl/α,β-unsaturated/α-hetero) is 2. The van der Waals surface area contributed by atoms with Crippen LogP contribution in [-0.2, 0) is 6.54 Å². The predicted octanol–water partition coefficient (Wildman–Crippen LogP) is 4.38. The van der Waals surface area contributed by atoms with E-state index in [1.807, 2.05) is 38.3 Å². The van der Waals surface area contributed by atoms with Crippen LogP contribution < -0.4 is 0 Å². The van der Waals surface area contributed by atoms with Crippen LogP contribution >= 0.6 is 11.8 Å². The highest BCUT2D eigenvalue weighted by Crippen LogP contribution is 2.31. The van der Waals surface area contributed by atoms with E-state index in [0.717, 1.165) is 22.8 Å². The number of ketones is 2. The van der Waals surface area contributed by atoms with Gasteiger partial charge in [0.15, 0.2) is 22.5 Å². The van der Waals surface area contributed by atoms with Crippen molar-refractivity contribution < 1.29 is 14.0 Å². The molecule has 28 heavy (non-hydrogen) atoms. The molecule has 0 radical (unpaired) electrons. The molecule has 7 nitrogen and oxygen atoms in total. The highest BCUT2D eigenvalue weighted by molar-refractivity contribution is 8.00. The Morgan fingerprint density at radius 2 is 2.00 bits per heavy atom.